The Labute approximate surface area is 123 Å². The average molecular weight is 272 g/mol. The van der Waals surface area contributed by atoms with Crippen LogP contribution >= 0.6 is 0 Å². The van der Waals surface area contributed by atoms with Crippen molar-refractivity contribution in [2.24, 2.45) is 5.92 Å². The van der Waals surface area contributed by atoms with Gasteiger partial charge in [-0.05, 0) is 69.6 Å². The first kappa shape index (κ1) is 14.1. The van der Waals surface area contributed by atoms with Gasteiger partial charge in [0.2, 0.25) is 0 Å². The fourth-order valence-electron chi connectivity index (χ4n) is 3.70. The fraction of sp³-hybridized carbons (Fsp3) is 0.667. The number of rotatable bonds is 4. The van der Waals surface area contributed by atoms with Crippen LogP contribution in [0, 0.1) is 5.92 Å². The fourth-order valence-corrected chi connectivity index (χ4v) is 3.70. The van der Waals surface area contributed by atoms with Gasteiger partial charge in [-0.3, -0.25) is 4.90 Å². The topological polar surface area (TPSA) is 15.3 Å². The van der Waals surface area contributed by atoms with Crippen molar-refractivity contribution in [1.29, 1.82) is 0 Å². The van der Waals surface area contributed by atoms with E-state index in [1.54, 1.807) is 0 Å². The largest absolute Gasteiger partial charge is 0.301 e. The third kappa shape index (κ3) is 3.83. The monoisotopic (exact) mass is 272 g/mol. The van der Waals surface area contributed by atoms with Crippen molar-refractivity contribution in [1.82, 2.24) is 10.2 Å². The van der Waals surface area contributed by atoms with Crippen molar-refractivity contribution in [3.05, 3.63) is 35.9 Å². The van der Waals surface area contributed by atoms with Crippen LogP contribution in [-0.2, 0) is 6.42 Å². The molecule has 2 heterocycles. The molecule has 1 aromatic rings. The molecule has 0 radical (unpaired) electrons. The van der Waals surface area contributed by atoms with Crippen molar-refractivity contribution < 1.29 is 0 Å². The van der Waals surface area contributed by atoms with E-state index < -0.39 is 0 Å². The Kier molecular flexibility index (Phi) is 5.10. The summed E-state index contributed by atoms with van der Waals surface area (Å²) in [5.41, 5.74) is 1.49. The summed E-state index contributed by atoms with van der Waals surface area (Å²) < 4.78 is 0. The van der Waals surface area contributed by atoms with Gasteiger partial charge in [0, 0.05) is 0 Å². The van der Waals surface area contributed by atoms with E-state index in [1.807, 2.05) is 0 Å². The van der Waals surface area contributed by atoms with Gasteiger partial charge in [-0.15, -0.1) is 0 Å². The van der Waals surface area contributed by atoms with Crippen LogP contribution in [0.5, 0.6) is 0 Å². The van der Waals surface area contributed by atoms with E-state index in [4.69, 9.17) is 0 Å². The number of benzene rings is 1. The molecule has 2 atom stereocenters. The van der Waals surface area contributed by atoms with Crippen molar-refractivity contribution in [3.63, 3.8) is 0 Å². The summed E-state index contributed by atoms with van der Waals surface area (Å²) in [5, 5.41) is 3.80. The number of hydrogen-bond acceptors (Lipinski definition) is 2. The van der Waals surface area contributed by atoms with E-state index in [-0.39, 0.29) is 0 Å². The van der Waals surface area contributed by atoms with Crippen LogP contribution in [0.25, 0.3) is 0 Å². The first-order valence-corrected chi connectivity index (χ1v) is 8.43. The van der Waals surface area contributed by atoms with Crippen LogP contribution in [0.2, 0.25) is 0 Å². The summed E-state index contributed by atoms with van der Waals surface area (Å²) in [4.78, 5) is 2.68. The molecule has 0 bridgehead atoms. The summed E-state index contributed by atoms with van der Waals surface area (Å²) in [6.07, 6.45) is 10.2. The minimum absolute atomic E-state index is 0.670. The molecule has 1 aromatic carbocycles. The maximum Gasteiger partial charge on any atom is 0.0597 e. The average Bonchev–Trinajstić information content (AvgIpc) is 2.55. The lowest BCUT2D eigenvalue weighted by Crippen LogP contribution is -2.51. The van der Waals surface area contributed by atoms with Gasteiger partial charge in [0.25, 0.3) is 0 Å². The van der Waals surface area contributed by atoms with Gasteiger partial charge in [-0.1, -0.05) is 36.8 Å². The highest BCUT2D eigenvalue weighted by Gasteiger charge is 2.25. The molecule has 2 unspecified atom stereocenters. The van der Waals surface area contributed by atoms with Crippen molar-refractivity contribution in [3.8, 4) is 0 Å². The Bertz CT molecular complexity index is 376. The summed E-state index contributed by atoms with van der Waals surface area (Å²) in [7, 11) is 0. The SMILES string of the molecule is c1ccc(CCC2CCC(N3CCCCC3)NC2)cc1. The molecule has 0 saturated carbocycles. The van der Waals surface area contributed by atoms with Gasteiger partial charge >= 0.3 is 0 Å². The second kappa shape index (κ2) is 7.24. The van der Waals surface area contributed by atoms with Crippen molar-refractivity contribution in [2.75, 3.05) is 19.6 Å². The third-order valence-corrected chi connectivity index (χ3v) is 5.01. The highest BCUT2D eigenvalue weighted by Crippen LogP contribution is 2.23. The maximum absolute atomic E-state index is 3.80. The molecular formula is C18H28N2. The molecule has 0 aliphatic carbocycles. The Hall–Kier alpha value is -0.860. The standard InChI is InChI=1S/C18H28N2/c1-3-7-16(8-4-1)9-10-17-11-12-18(19-15-17)20-13-5-2-6-14-20/h1,3-4,7-8,17-19H,2,5-6,9-15H2. The summed E-state index contributed by atoms with van der Waals surface area (Å²) in [5.74, 6) is 0.872. The van der Waals surface area contributed by atoms with Gasteiger partial charge in [-0.25, -0.2) is 0 Å². The van der Waals surface area contributed by atoms with Crippen LogP contribution < -0.4 is 5.32 Å². The van der Waals surface area contributed by atoms with Crippen LogP contribution in [0.1, 0.15) is 44.1 Å². The Morgan fingerprint density at radius 3 is 2.50 bits per heavy atom. The lowest BCUT2D eigenvalue weighted by atomic mass is 9.91. The number of nitrogens with one attached hydrogen (secondary N) is 1. The molecule has 1 N–H and O–H groups in total. The number of nitrogens with zero attached hydrogens (tertiary/aromatic N) is 1. The molecule has 2 fully saturated rings. The Balaban J connectivity index is 1.40. The van der Waals surface area contributed by atoms with E-state index in [0.717, 1.165) is 5.92 Å². The zero-order valence-corrected chi connectivity index (χ0v) is 12.6. The van der Waals surface area contributed by atoms with Gasteiger partial charge in [0.1, 0.15) is 0 Å². The van der Waals surface area contributed by atoms with Crippen molar-refractivity contribution >= 4 is 0 Å². The summed E-state index contributed by atoms with van der Waals surface area (Å²) >= 11 is 0. The summed E-state index contributed by atoms with van der Waals surface area (Å²) in [6, 6.07) is 10.9. The molecule has 2 aliphatic rings. The van der Waals surface area contributed by atoms with E-state index in [9.17, 15) is 0 Å². The lowest BCUT2D eigenvalue weighted by molar-refractivity contribution is 0.0977. The smallest absolute Gasteiger partial charge is 0.0597 e. The van der Waals surface area contributed by atoms with Crippen LogP contribution in [0.15, 0.2) is 30.3 Å². The van der Waals surface area contributed by atoms with Crippen LogP contribution in [-0.4, -0.2) is 30.7 Å². The van der Waals surface area contributed by atoms with Gasteiger partial charge < -0.3 is 5.32 Å². The molecule has 0 amide bonds. The molecule has 2 aliphatic heterocycles. The Morgan fingerprint density at radius 2 is 1.80 bits per heavy atom. The van der Waals surface area contributed by atoms with E-state index >= 15 is 0 Å². The van der Waals surface area contributed by atoms with Crippen LogP contribution in [0.4, 0.5) is 0 Å². The second-order valence-corrected chi connectivity index (χ2v) is 6.49. The van der Waals surface area contributed by atoms with Gasteiger partial charge in [-0.2, -0.15) is 0 Å². The third-order valence-electron chi connectivity index (χ3n) is 5.01. The second-order valence-electron chi connectivity index (χ2n) is 6.49. The molecule has 20 heavy (non-hydrogen) atoms. The highest BCUT2D eigenvalue weighted by atomic mass is 15.3. The first-order valence-electron chi connectivity index (χ1n) is 8.43. The highest BCUT2D eigenvalue weighted by molar-refractivity contribution is 5.14. The predicted molar refractivity (Wildman–Crippen MR) is 84.7 cm³/mol. The van der Waals surface area contributed by atoms with Crippen molar-refractivity contribution in [2.45, 2.75) is 51.1 Å². The quantitative estimate of drug-likeness (QED) is 0.903. The molecule has 2 nitrogen and oxygen atoms in total. The number of piperidine rings is 2. The lowest BCUT2D eigenvalue weighted by Gasteiger charge is -2.39. The predicted octanol–water partition coefficient (Wildman–Crippen LogP) is 3.43. The van der Waals surface area contributed by atoms with E-state index in [2.05, 4.69) is 40.5 Å². The number of hydrogen-bond donors (Lipinski definition) is 1. The number of aryl methyl sites for hydroxylation is 1. The van der Waals surface area contributed by atoms with E-state index in [0.29, 0.717) is 6.17 Å². The summed E-state index contributed by atoms with van der Waals surface area (Å²) in [6.45, 7) is 3.84. The molecule has 2 heteroatoms. The maximum atomic E-state index is 3.80. The van der Waals surface area contributed by atoms with Crippen LogP contribution in [0.3, 0.4) is 0 Å². The van der Waals surface area contributed by atoms with E-state index in [1.165, 1.54) is 70.1 Å². The molecule has 110 valence electrons. The minimum Gasteiger partial charge on any atom is -0.301 e. The zero-order valence-electron chi connectivity index (χ0n) is 12.6. The van der Waals surface area contributed by atoms with Gasteiger partial charge in [0.15, 0.2) is 0 Å². The first-order chi connectivity index (χ1) is 9.92. The molecule has 2 saturated heterocycles. The molecular weight excluding hydrogens is 244 g/mol. The van der Waals surface area contributed by atoms with Gasteiger partial charge in [0.05, 0.1) is 6.17 Å². The zero-order chi connectivity index (χ0) is 13.6. The normalized spacial score (nSPS) is 28.4. The molecule has 3 rings (SSSR count). The molecule has 0 spiro atoms. The minimum atomic E-state index is 0.670. The molecule has 0 aromatic heterocycles. The Morgan fingerprint density at radius 1 is 1.00 bits per heavy atom. The number of likely N-dealkylation sites (tertiary alicyclic amines) is 1.